The molecule has 0 aliphatic rings. The van der Waals surface area contributed by atoms with Crippen molar-refractivity contribution >= 4 is 92.4 Å². The van der Waals surface area contributed by atoms with Gasteiger partial charge in [0.05, 0.1) is 10.4 Å². The van der Waals surface area contributed by atoms with Crippen LogP contribution in [0.4, 0.5) is 17.1 Å². The van der Waals surface area contributed by atoms with Crippen molar-refractivity contribution in [2.24, 2.45) is 0 Å². The highest BCUT2D eigenvalue weighted by atomic mass is 32.1. The van der Waals surface area contributed by atoms with Crippen LogP contribution in [0.25, 0.3) is 97.4 Å². The monoisotopic (exact) mass is 759 g/mol. The number of anilines is 3. The van der Waals surface area contributed by atoms with Crippen molar-refractivity contribution in [3.63, 3.8) is 0 Å². The van der Waals surface area contributed by atoms with Gasteiger partial charge in [-0.1, -0.05) is 133 Å². The molecule has 0 aliphatic heterocycles. The van der Waals surface area contributed by atoms with Gasteiger partial charge in [0.2, 0.25) is 0 Å². The molecule has 0 saturated carbocycles. The van der Waals surface area contributed by atoms with Gasteiger partial charge in [-0.05, 0) is 94.5 Å². The Morgan fingerprint density at radius 3 is 1.38 bits per heavy atom. The molecule has 0 spiro atoms. The number of rotatable bonds is 6. The molecule has 0 aliphatic carbocycles. The zero-order chi connectivity index (χ0) is 38.2. The van der Waals surface area contributed by atoms with E-state index in [1.54, 1.807) is 0 Å². The maximum absolute atomic E-state index is 6.28. The number of furan rings is 2. The normalized spacial score (nSPS) is 11.8. The van der Waals surface area contributed by atoms with Gasteiger partial charge in [0.25, 0.3) is 0 Å². The average Bonchev–Trinajstić information content (AvgIpc) is 3.98. The molecule has 0 unspecified atom stereocenters. The van der Waals surface area contributed by atoms with E-state index in [-0.39, 0.29) is 0 Å². The van der Waals surface area contributed by atoms with Gasteiger partial charge in [-0.2, -0.15) is 0 Å². The molecule has 12 rings (SSSR count). The van der Waals surface area contributed by atoms with Crippen molar-refractivity contribution in [2.45, 2.75) is 0 Å². The second-order valence-corrected chi connectivity index (χ2v) is 15.9. The van der Waals surface area contributed by atoms with E-state index in [1.807, 2.05) is 35.6 Å². The summed E-state index contributed by atoms with van der Waals surface area (Å²) in [5.41, 5.74) is 13.8. The first-order valence-electron chi connectivity index (χ1n) is 19.6. The summed E-state index contributed by atoms with van der Waals surface area (Å²) in [5, 5.41) is 7.07. The second-order valence-electron chi connectivity index (χ2n) is 14.9. The summed E-state index contributed by atoms with van der Waals surface area (Å²) in [6.07, 6.45) is 0. The topological polar surface area (TPSA) is 29.5 Å². The number of benzene rings is 9. The van der Waals surface area contributed by atoms with Gasteiger partial charge in [-0.15, -0.1) is 11.3 Å². The lowest BCUT2D eigenvalue weighted by atomic mass is 9.98. The fourth-order valence-corrected chi connectivity index (χ4v) is 9.91. The van der Waals surface area contributed by atoms with Crippen LogP contribution >= 0.6 is 11.3 Å². The first kappa shape index (κ1) is 32.8. The summed E-state index contributed by atoms with van der Waals surface area (Å²) in [5.74, 6) is 0. The van der Waals surface area contributed by atoms with Crippen molar-refractivity contribution in [3.05, 3.63) is 200 Å². The van der Waals surface area contributed by atoms with Gasteiger partial charge < -0.3 is 13.7 Å². The summed E-state index contributed by atoms with van der Waals surface area (Å²) >= 11 is 1.86. The van der Waals surface area contributed by atoms with Crippen molar-refractivity contribution in [3.8, 4) is 33.4 Å². The van der Waals surface area contributed by atoms with E-state index in [0.717, 1.165) is 83.2 Å². The van der Waals surface area contributed by atoms with Gasteiger partial charge in [0.1, 0.15) is 22.3 Å². The molecule has 0 N–H and O–H groups in total. The van der Waals surface area contributed by atoms with E-state index in [0.29, 0.717) is 0 Å². The molecule has 3 nitrogen and oxygen atoms in total. The lowest BCUT2D eigenvalue weighted by Gasteiger charge is -2.29. The Hall–Kier alpha value is -7.40. The maximum Gasteiger partial charge on any atom is 0.136 e. The van der Waals surface area contributed by atoms with Crippen molar-refractivity contribution in [1.29, 1.82) is 0 Å². The summed E-state index contributed by atoms with van der Waals surface area (Å²) in [7, 11) is 0. The maximum atomic E-state index is 6.28. The Balaban J connectivity index is 1.03. The number of hydrogen-bond donors (Lipinski definition) is 0. The lowest BCUT2D eigenvalue weighted by Crippen LogP contribution is -2.11. The third-order valence-corrected chi connectivity index (χ3v) is 12.7. The highest BCUT2D eigenvalue weighted by Gasteiger charge is 2.23. The lowest BCUT2D eigenvalue weighted by molar-refractivity contribution is 0.668. The molecule has 3 heterocycles. The minimum atomic E-state index is 0.896. The van der Waals surface area contributed by atoms with Crippen LogP contribution in [-0.4, -0.2) is 0 Å². The number of hydrogen-bond acceptors (Lipinski definition) is 4. The molecule has 0 amide bonds. The predicted octanol–water partition coefficient (Wildman–Crippen LogP) is 16.3. The molecule has 0 fully saturated rings. The number of fused-ring (bicyclic) bond motifs is 9. The SMILES string of the molecule is c1ccc(-c2ccc3c(sc4ccccc43)c2N(c2ccc(-c3ccc4c(c3)oc3ccccc34)cc2)c2ccc(-c3ccc4c(c3)oc3ccccc34)cc2)cc1. The molecular formula is C54H33NO2S. The molecule has 0 saturated heterocycles. The summed E-state index contributed by atoms with van der Waals surface area (Å²) in [4.78, 5) is 2.44. The molecule has 12 aromatic rings. The first-order chi connectivity index (χ1) is 28.7. The Bertz CT molecular complexity index is 3340. The van der Waals surface area contributed by atoms with E-state index in [2.05, 4.69) is 181 Å². The standard InChI is InChI=1S/C54H33NO2S/c1-2-10-36(11-3-1)41-30-31-47-46-14-6-9-17-52(46)58-54(47)53(41)55(39-24-18-34(19-25-39)37-22-28-44-42-12-4-7-15-48(42)56-50(44)32-37)40-26-20-35(21-27-40)38-23-29-45-43-13-5-8-16-49(43)57-51(45)33-38/h1-33H. The molecule has 3 aromatic heterocycles. The van der Waals surface area contributed by atoms with E-state index >= 15 is 0 Å². The van der Waals surface area contributed by atoms with Crippen LogP contribution < -0.4 is 4.90 Å². The van der Waals surface area contributed by atoms with E-state index in [1.165, 1.54) is 31.3 Å². The molecular weight excluding hydrogens is 727 g/mol. The molecule has 4 heteroatoms. The number of thiophene rings is 1. The highest BCUT2D eigenvalue weighted by Crippen LogP contribution is 2.50. The van der Waals surface area contributed by atoms with Crippen LogP contribution in [0.2, 0.25) is 0 Å². The Labute approximate surface area is 338 Å². The summed E-state index contributed by atoms with van der Waals surface area (Å²) < 4.78 is 15.1. The molecule has 58 heavy (non-hydrogen) atoms. The van der Waals surface area contributed by atoms with Gasteiger partial charge >= 0.3 is 0 Å². The van der Waals surface area contributed by atoms with Gasteiger partial charge in [-0.3, -0.25) is 0 Å². The first-order valence-corrected chi connectivity index (χ1v) is 20.4. The highest BCUT2D eigenvalue weighted by molar-refractivity contribution is 7.26. The third kappa shape index (κ3) is 5.27. The Kier molecular flexibility index (Phi) is 7.40. The zero-order valence-electron chi connectivity index (χ0n) is 31.2. The average molecular weight is 760 g/mol. The van der Waals surface area contributed by atoms with Gasteiger partial charge in [0.15, 0.2) is 0 Å². The minimum absolute atomic E-state index is 0.896. The van der Waals surface area contributed by atoms with Gasteiger partial charge in [0, 0.05) is 54.0 Å². The van der Waals surface area contributed by atoms with Crippen LogP contribution in [0.1, 0.15) is 0 Å². The Morgan fingerprint density at radius 1 is 0.328 bits per heavy atom. The van der Waals surface area contributed by atoms with Gasteiger partial charge in [-0.25, -0.2) is 0 Å². The summed E-state index contributed by atoms with van der Waals surface area (Å²) in [6, 6.07) is 71.6. The van der Waals surface area contributed by atoms with Crippen LogP contribution in [-0.2, 0) is 0 Å². The third-order valence-electron chi connectivity index (χ3n) is 11.5. The molecule has 0 bridgehead atoms. The number of para-hydroxylation sites is 2. The largest absolute Gasteiger partial charge is 0.456 e. The zero-order valence-corrected chi connectivity index (χ0v) is 32.0. The molecule has 0 radical (unpaired) electrons. The summed E-state index contributed by atoms with van der Waals surface area (Å²) in [6.45, 7) is 0. The minimum Gasteiger partial charge on any atom is -0.456 e. The second kappa shape index (κ2) is 13.1. The fourth-order valence-electron chi connectivity index (χ4n) is 8.67. The van der Waals surface area contributed by atoms with Crippen LogP contribution in [0.15, 0.2) is 209 Å². The number of nitrogens with zero attached hydrogens (tertiary/aromatic N) is 1. The Morgan fingerprint density at radius 2 is 0.793 bits per heavy atom. The van der Waals surface area contributed by atoms with E-state index in [9.17, 15) is 0 Å². The molecule has 272 valence electrons. The van der Waals surface area contributed by atoms with Crippen molar-refractivity contribution in [1.82, 2.24) is 0 Å². The predicted molar refractivity (Wildman–Crippen MR) is 245 cm³/mol. The smallest absolute Gasteiger partial charge is 0.136 e. The van der Waals surface area contributed by atoms with E-state index < -0.39 is 0 Å². The van der Waals surface area contributed by atoms with E-state index in [4.69, 9.17) is 8.83 Å². The van der Waals surface area contributed by atoms with Crippen molar-refractivity contribution < 1.29 is 8.83 Å². The van der Waals surface area contributed by atoms with Crippen LogP contribution in [0, 0.1) is 0 Å². The molecule has 0 atom stereocenters. The van der Waals surface area contributed by atoms with Crippen LogP contribution in [0.3, 0.4) is 0 Å². The van der Waals surface area contributed by atoms with Crippen LogP contribution in [0.5, 0.6) is 0 Å². The quantitative estimate of drug-likeness (QED) is 0.169. The van der Waals surface area contributed by atoms with Crippen molar-refractivity contribution in [2.75, 3.05) is 4.90 Å². The molecule has 9 aromatic carbocycles. The fraction of sp³-hybridized carbons (Fsp3) is 0.